The van der Waals surface area contributed by atoms with Crippen LogP contribution >= 0.6 is 0 Å². The minimum absolute atomic E-state index is 0.0209. The second-order valence-corrected chi connectivity index (χ2v) is 10.7. The Kier molecular flexibility index (Phi) is 8.81. The van der Waals surface area contributed by atoms with Crippen LogP contribution in [0, 0.1) is 0 Å². The number of aromatic nitrogens is 2. The fourth-order valence-corrected chi connectivity index (χ4v) is 4.58. The van der Waals surface area contributed by atoms with Gasteiger partial charge in [0.2, 0.25) is 0 Å². The zero-order valence-corrected chi connectivity index (χ0v) is 22.4. The van der Waals surface area contributed by atoms with Crippen molar-refractivity contribution in [1.29, 1.82) is 0 Å². The van der Waals surface area contributed by atoms with Crippen LogP contribution in [0.5, 0.6) is 0 Å². The van der Waals surface area contributed by atoms with E-state index < -0.39 is 5.60 Å². The molecule has 1 aromatic heterocycles. The Morgan fingerprint density at radius 3 is 2.38 bits per heavy atom. The van der Waals surface area contributed by atoms with Crippen molar-refractivity contribution >= 4 is 12.0 Å². The Morgan fingerprint density at radius 2 is 1.76 bits per heavy atom. The lowest BCUT2D eigenvalue weighted by atomic mass is 10.1. The van der Waals surface area contributed by atoms with Gasteiger partial charge in [-0.15, -0.1) is 0 Å². The SMILES string of the molecule is CCCN(C(=O)c1ccc(-c2nc(COC3CCN(C(=O)OC(C)(C)C)CC3)no2)cc1)N1CCCC1. The van der Waals surface area contributed by atoms with Gasteiger partial charge in [0.05, 0.1) is 6.10 Å². The van der Waals surface area contributed by atoms with Crippen LogP contribution in [-0.2, 0) is 16.1 Å². The predicted octanol–water partition coefficient (Wildman–Crippen LogP) is 4.52. The molecule has 0 N–H and O–H groups in total. The van der Waals surface area contributed by atoms with E-state index in [1.165, 1.54) is 0 Å². The number of ether oxygens (including phenoxy) is 2. The number of hydrogen-bond acceptors (Lipinski definition) is 8. The predicted molar refractivity (Wildman–Crippen MR) is 137 cm³/mol. The van der Waals surface area contributed by atoms with Crippen LogP contribution < -0.4 is 0 Å². The Hall–Kier alpha value is -2.98. The van der Waals surface area contributed by atoms with E-state index in [4.69, 9.17) is 14.0 Å². The van der Waals surface area contributed by atoms with Gasteiger partial charge in [-0.05, 0) is 77.1 Å². The summed E-state index contributed by atoms with van der Waals surface area (Å²) in [6.07, 6.45) is 4.36. The lowest BCUT2D eigenvalue weighted by Crippen LogP contribution is -2.45. The van der Waals surface area contributed by atoms with Gasteiger partial charge < -0.3 is 18.9 Å². The first-order valence-electron chi connectivity index (χ1n) is 13.3. The molecular formula is C27H39N5O5. The molecular weight excluding hydrogens is 474 g/mol. The summed E-state index contributed by atoms with van der Waals surface area (Å²) in [5.74, 6) is 0.878. The highest BCUT2D eigenvalue weighted by Crippen LogP contribution is 2.22. The molecule has 37 heavy (non-hydrogen) atoms. The third-order valence-corrected chi connectivity index (χ3v) is 6.48. The summed E-state index contributed by atoms with van der Waals surface area (Å²) in [5.41, 5.74) is 0.897. The van der Waals surface area contributed by atoms with E-state index >= 15 is 0 Å². The van der Waals surface area contributed by atoms with E-state index in [1.54, 1.807) is 4.90 Å². The van der Waals surface area contributed by atoms with E-state index in [-0.39, 0.29) is 24.7 Å². The molecule has 2 aromatic rings. The second kappa shape index (κ2) is 12.0. The molecule has 0 unspecified atom stereocenters. The van der Waals surface area contributed by atoms with Gasteiger partial charge in [0.1, 0.15) is 12.2 Å². The first-order chi connectivity index (χ1) is 17.7. The van der Waals surface area contributed by atoms with E-state index in [0.29, 0.717) is 36.9 Å². The van der Waals surface area contributed by atoms with Gasteiger partial charge in [0.25, 0.3) is 11.8 Å². The van der Waals surface area contributed by atoms with E-state index in [1.807, 2.05) is 50.0 Å². The largest absolute Gasteiger partial charge is 0.444 e. The average molecular weight is 514 g/mol. The number of hydrogen-bond donors (Lipinski definition) is 0. The van der Waals surface area contributed by atoms with Crippen molar-refractivity contribution < 1.29 is 23.6 Å². The fraction of sp³-hybridized carbons (Fsp3) is 0.630. The molecule has 10 heteroatoms. The number of carbonyl (C=O) groups is 2. The molecule has 0 saturated carbocycles. The van der Waals surface area contributed by atoms with E-state index in [0.717, 1.165) is 50.8 Å². The zero-order chi connectivity index (χ0) is 26.4. The minimum atomic E-state index is -0.500. The fourth-order valence-electron chi connectivity index (χ4n) is 4.58. The van der Waals surface area contributed by atoms with Crippen LogP contribution in [0.4, 0.5) is 4.79 Å². The van der Waals surface area contributed by atoms with Crippen LogP contribution in [0.2, 0.25) is 0 Å². The molecule has 1 aromatic carbocycles. The average Bonchev–Trinajstić information content (AvgIpc) is 3.58. The van der Waals surface area contributed by atoms with E-state index in [2.05, 4.69) is 22.1 Å². The highest BCUT2D eigenvalue weighted by Gasteiger charge is 2.28. The molecule has 0 spiro atoms. The molecule has 0 radical (unpaired) electrons. The molecule has 3 heterocycles. The quantitative estimate of drug-likeness (QED) is 0.508. The molecule has 2 fully saturated rings. The second-order valence-electron chi connectivity index (χ2n) is 10.7. The van der Waals surface area contributed by atoms with Crippen LogP contribution in [0.25, 0.3) is 11.5 Å². The summed E-state index contributed by atoms with van der Waals surface area (Å²) in [6, 6.07) is 7.31. The Balaban J connectivity index is 1.27. The smallest absolute Gasteiger partial charge is 0.410 e. The maximum atomic E-state index is 13.1. The van der Waals surface area contributed by atoms with Crippen molar-refractivity contribution in [2.24, 2.45) is 0 Å². The van der Waals surface area contributed by atoms with Crippen molar-refractivity contribution in [3.05, 3.63) is 35.7 Å². The summed E-state index contributed by atoms with van der Waals surface area (Å²) < 4.78 is 16.9. The van der Waals surface area contributed by atoms with Crippen molar-refractivity contribution in [2.45, 2.75) is 78.1 Å². The molecule has 4 rings (SSSR count). The third-order valence-electron chi connectivity index (χ3n) is 6.48. The number of likely N-dealkylation sites (tertiary alicyclic amines) is 1. The van der Waals surface area contributed by atoms with Gasteiger partial charge in [-0.25, -0.2) is 9.80 Å². The highest BCUT2D eigenvalue weighted by atomic mass is 16.6. The number of benzene rings is 1. The first-order valence-corrected chi connectivity index (χ1v) is 13.3. The number of amides is 2. The molecule has 2 saturated heterocycles. The third kappa shape index (κ3) is 7.29. The molecule has 2 amide bonds. The first kappa shape index (κ1) is 27.1. The molecule has 0 bridgehead atoms. The van der Waals surface area contributed by atoms with Gasteiger partial charge >= 0.3 is 6.09 Å². The Bertz CT molecular complexity index is 1030. The van der Waals surface area contributed by atoms with Crippen molar-refractivity contribution in [3.8, 4) is 11.5 Å². The zero-order valence-electron chi connectivity index (χ0n) is 22.4. The number of carbonyl (C=O) groups excluding carboxylic acids is 2. The van der Waals surface area contributed by atoms with Crippen LogP contribution in [0.1, 0.15) is 76.0 Å². The summed E-state index contributed by atoms with van der Waals surface area (Å²) in [4.78, 5) is 31.5. The molecule has 202 valence electrons. The number of nitrogens with zero attached hydrogens (tertiary/aromatic N) is 5. The van der Waals surface area contributed by atoms with Gasteiger partial charge in [-0.1, -0.05) is 12.1 Å². The number of piperidine rings is 1. The molecule has 10 nitrogen and oxygen atoms in total. The Morgan fingerprint density at radius 1 is 1.08 bits per heavy atom. The molecule has 2 aliphatic rings. The van der Waals surface area contributed by atoms with Crippen molar-refractivity contribution in [1.82, 2.24) is 25.1 Å². The highest BCUT2D eigenvalue weighted by molar-refractivity contribution is 5.94. The summed E-state index contributed by atoms with van der Waals surface area (Å²) in [5, 5.41) is 8.08. The normalized spacial score (nSPS) is 17.2. The topological polar surface area (TPSA) is 101 Å². The van der Waals surface area contributed by atoms with Gasteiger partial charge in [-0.3, -0.25) is 9.80 Å². The molecule has 0 atom stereocenters. The summed E-state index contributed by atoms with van der Waals surface area (Å²) >= 11 is 0. The van der Waals surface area contributed by atoms with Crippen molar-refractivity contribution in [2.75, 3.05) is 32.7 Å². The van der Waals surface area contributed by atoms with Gasteiger partial charge in [-0.2, -0.15) is 4.98 Å². The number of rotatable bonds is 8. The minimum Gasteiger partial charge on any atom is -0.444 e. The van der Waals surface area contributed by atoms with Crippen LogP contribution in [-0.4, -0.2) is 81.5 Å². The van der Waals surface area contributed by atoms with Crippen molar-refractivity contribution in [3.63, 3.8) is 0 Å². The Labute approximate surface area is 218 Å². The molecule has 2 aliphatic heterocycles. The maximum absolute atomic E-state index is 13.1. The summed E-state index contributed by atoms with van der Waals surface area (Å²) in [6.45, 7) is 11.7. The molecule has 0 aliphatic carbocycles. The summed E-state index contributed by atoms with van der Waals surface area (Å²) in [7, 11) is 0. The number of hydrazine groups is 1. The monoisotopic (exact) mass is 513 g/mol. The van der Waals surface area contributed by atoms with Gasteiger partial charge in [0.15, 0.2) is 5.82 Å². The maximum Gasteiger partial charge on any atom is 0.410 e. The lowest BCUT2D eigenvalue weighted by Gasteiger charge is -2.33. The van der Waals surface area contributed by atoms with Gasteiger partial charge in [0, 0.05) is 43.9 Å². The van der Waals surface area contributed by atoms with Crippen LogP contribution in [0.15, 0.2) is 28.8 Å². The lowest BCUT2D eigenvalue weighted by molar-refractivity contribution is -0.0190. The van der Waals surface area contributed by atoms with E-state index in [9.17, 15) is 9.59 Å². The van der Waals surface area contributed by atoms with Crippen LogP contribution in [0.3, 0.4) is 0 Å². The standard InChI is InChI=1S/C27H39N5O5/c1-5-14-32(31-15-6-7-16-31)25(33)21-10-8-20(9-11-21)24-28-23(29-37-24)19-35-22-12-17-30(18-13-22)26(34)36-27(2,3)4/h8-11,22H,5-7,12-19H2,1-4H3.